The number of unbranched alkanes of at least 4 members (excludes halogenated alkanes) is 6. The molecule has 0 aliphatic heterocycles. The van der Waals surface area contributed by atoms with E-state index < -0.39 is 0 Å². The number of aliphatic hydroxyl groups excluding tert-OH is 2. The molecule has 172 valence electrons. The van der Waals surface area contributed by atoms with Gasteiger partial charge in [0.15, 0.2) is 0 Å². The first kappa shape index (κ1) is 37.9. The van der Waals surface area contributed by atoms with Gasteiger partial charge < -0.3 is 25.8 Å². The minimum Gasteiger partial charge on any atom is -0.381 e. The van der Waals surface area contributed by atoms with E-state index >= 15 is 0 Å². The van der Waals surface area contributed by atoms with Gasteiger partial charge in [-0.25, -0.2) is 0 Å². The van der Waals surface area contributed by atoms with Crippen LogP contribution >= 0.6 is 0 Å². The van der Waals surface area contributed by atoms with Crippen molar-refractivity contribution in [1.29, 1.82) is 0 Å². The second kappa shape index (κ2) is 34.3. The third-order valence-corrected chi connectivity index (χ3v) is 3.75. The standard InChI is InChI=1S/C17H36N4O4.C2H5N.2Y/c22-14-18-9-5-1-3-7-11-20-16(24)13-17(25)21-12-8-4-2-6-10-19-15-23;1-3-2;;/h18-19,22-23H,1-15H2,(H,20,24)(H,21,25);1H2,2H3;;. The molecule has 0 fully saturated rings. The molecule has 11 heteroatoms. The van der Waals surface area contributed by atoms with Crippen LogP contribution in [-0.2, 0) is 75.0 Å². The van der Waals surface area contributed by atoms with Crippen LogP contribution in [0.4, 0.5) is 0 Å². The van der Waals surface area contributed by atoms with Gasteiger partial charge in [-0.15, -0.1) is 0 Å². The van der Waals surface area contributed by atoms with Crippen LogP contribution < -0.4 is 21.3 Å². The number of carbonyl (C=O) groups excluding carboxylic acids is 2. The largest absolute Gasteiger partial charge is 0.381 e. The number of rotatable bonds is 18. The number of aliphatic imine (C=N–C) groups is 1. The molecule has 0 heterocycles. The number of hydrogen-bond acceptors (Lipinski definition) is 7. The Balaban J connectivity index is -0.000000634. The summed E-state index contributed by atoms with van der Waals surface area (Å²) in [6.07, 6.45) is 7.86. The van der Waals surface area contributed by atoms with Gasteiger partial charge in [-0.1, -0.05) is 25.7 Å². The molecule has 9 nitrogen and oxygen atoms in total. The third-order valence-electron chi connectivity index (χ3n) is 3.75. The molecular formula is C19H41N5O4Y2. The Hall–Kier alpha value is 0.658. The molecular weight excluding hydrogens is 540 g/mol. The van der Waals surface area contributed by atoms with Crippen molar-refractivity contribution in [3.8, 4) is 0 Å². The molecule has 2 radical (unpaired) electrons. The molecule has 0 saturated carbocycles. The van der Waals surface area contributed by atoms with Crippen LogP contribution in [0.3, 0.4) is 0 Å². The molecule has 2 amide bonds. The number of nitrogens with zero attached hydrogens (tertiary/aromatic N) is 1. The molecule has 0 bridgehead atoms. The van der Waals surface area contributed by atoms with Crippen molar-refractivity contribution in [2.24, 2.45) is 4.99 Å². The maximum atomic E-state index is 11.6. The van der Waals surface area contributed by atoms with E-state index in [1.165, 1.54) is 0 Å². The predicted molar refractivity (Wildman–Crippen MR) is 113 cm³/mol. The molecule has 0 aromatic heterocycles. The fourth-order valence-corrected chi connectivity index (χ4v) is 2.34. The Morgan fingerprint density at radius 1 is 0.700 bits per heavy atom. The SMILES string of the molecule is C=NC.O=C(CC(=O)NCCCCCCNCO)NCCCCCCNCO.[Y].[Y]. The van der Waals surface area contributed by atoms with Gasteiger partial charge in [0.05, 0.1) is 13.5 Å². The van der Waals surface area contributed by atoms with Crippen LogP contribution in [0, 0.1) is 0 Å². The molecule has 0 aromatic rings. The van der Waals surface area contributed by atoms with Gasteiger partial charge in [0, 0.05) is 85.6 Å². The quantitative estimate of drug-likeness (QED) is 0.0590. The number of hydrogen-bond donors (Lipinski definition) is 6. The summed E-state index contributed by atoms with van der Waals surface area (Å²) in [5.74, 6) is -0.455. The summed E-state index contributed by atoms with van der Waals surface area (Å²) < 4.78 is 0. The predicted octanol–water partition coefficient (Wildman–Crippen LogP) is 0.120. The van der Waals surface area contributed by atoms with E-state index in [0.29, 0.717) is 13.1 Å². The Labute approximate surface area is 232 Å². The van der Waals surface area contributed by atoms with Gasteiger partial charge in [0.25, 0.3) is 0 Å². The monoisotopic (exact) mass is 581 g/mol. The Kier molecular flexibility index (Phi) is 43.4. The maximum Gasteiger partial charge on any atom is 0.229 e. The molecule has 6 N–H and O–H groups in total. The summed E-state index contributed by atoms with van der Waals surface area (Å²) >= 11 is 0. The van der Waals surface area contributed by atoms with Crippen LogP contribution in [0.2, 0.25) is 0 Å². The van der Waals surface area contributed by atoms with E-state index in [9.17, 15) is 9.59 Å². The van der Waals surface area contributed by atoms with Crippen LogP contribution in [-0.4, -0.2) is 75.4 Å². The number of aliphatic hydroxyl groups is 2. The molecule has 0 aliphatic carbocycles. The number of nitrogens with one attached hydrogen (secondary N) is 4. The number of amides is 2. The first-order chi connectivity index (χ1) is 13.6. The fraction of sp³-hybridized carbons (Fsp3) is 0.842. The van der Waals surface area contributed by atoms with E-state index in [0.717, 1.165) is 64.5 Å². The van der Waals surface area contributed by atoms with Gasteiger partial charge in [-0.05, 0) is 45.5 Å². The van der Waals surface area contributed by atoms with E-state index in [-0.39, 0.29) is 97.1 Å². The first-order valence-electron chi connectivity index (χ1n) is 10.1. The van der Waals surface area contributed by atoms with Gasteiger partial charge in [-0.2, -0.15) is 0 Å². The van der Waals surface area contributed by atoms with E-state index in [1.54, 1.807) is 7.05 Å². The summed E-state index contributed by atoms with van der Waals surface area (Å²) in [7, 11) is 1.64. The molecule has 0 aliphatic rings. The first-order valence-corrected chi connectivity index (χ1v) is 10.1. The normalized spacial score (nSPS) is 9.30. The van der Waals surface area contributed by atoms with Crippen molar-refractivity contribution in [3.63, 3.8) is 0 Å². The third kappa shape index (κ3) is 36.1. The van der Waals surface area contributed by atoms with Crippen molar-refractivity contribution in [2.45, 2.75) is 57.8 Å². The molecule has 0 atom stereocenters. The molecule has 30 heavy (non-hydrogen) atoms. The molecule has 0 rings (SSSR count). The van der Waals surface area contributed by atoms with Crippen molar-refractivity contribution in [1.82, 2.24) is 21.3 Å². The van der Waals surface area contributed by atoms with Crippen LogP contribution in [0.1, 0.15) is 57.8 Å². The average molecular weight is 581 g/mol. The summed E-state index contributed by atoms with van der Waals surface area (Å²) in [5, 5.41) is 28.3. The minimum absolute atomic E-state index is 0. The summed E-state index contributed by atoms with van der Waals surface area (Å²) in [5.41, 5.74) is 0. The summed E-state index contributed by atoms with van der Waals surface area (Å²) in [4.78, 5) is 26.5. The van der Waals surface area contributed by atoms with E-state index in [2.05, 4.69) is 33.0 Å². The zero-order valence-corrected chi connectivity index (χ0v) is 24.3. The summed E-state index contributed by atoms with van der Waals surface area (Å²) in [6, 6.07) is 0. The number of carbonyl (C=O) groups is 2. The molecule has 0 saturated heterocycles. The Morgan fingerprint density at radius 3 is 1.30 bits per heavy atom. The van der Waals surface area contributed by atoms with Crippen LogP contribution in [0.25, 0.3) is 0 Å². The zero-order chi connectivity index (χ0) is 21.3. The van der Waals surface area contributed by atoms with Crippen LogP contribution in [0.15, 0.2) is 4.99 Å². The summed E-state index contributed by atoms with van der Waals surface area (Å²) in [6.45, 7) is 5.95. The second-order valence-electron chi connectivity index (χ2n) is 6.34. The topological polar surface area (TPSA) is 135 Å². The smallest absolute Gasteiger partial charge is 0.229 e. The minimum atomic E-state index is -0.227. The van der Waals surface area contributed by atoms with E-state index in [4.69, 9.17) is 10.2 Å². The van der Waals surface area contributed by atoms with E-state index in [1.807, 2.05) is 0 Å². The van der Waals surface area contributed by atoms with Gasteiger partial charge in [-0.3, -0.25) is 20.2 Å². The fourth-order valence-electron chi connectivity index (χ4n) is 2.34. The van der Waals surface area contributed by atoms with Gasteiger partial charge in [0.1, 0.15) is 6.42 Å². The second-order valence-corrected chi connectivity index (χ2v) is 6.34. The van der Waals surface area contributed by atoms with Crippen molar-refractivity contribution < 1.29 is 85.2 Å². The molecule has 0 aromatic carbocycles. The molecule has 0 spiro atoms. The van der Waals surface area contributed by atoms with Crippen molar-refractivity contribution in [2.75, 3.05) is 46.7 Å². The van der Waals surface area contributed by atoms with Gasteiger partial charge >= 0.3 is 0 Å². The zero-order valence-electron chi connectivity index (χ0n) is 18.6. The maximum absolute atomic E-state index is 11.6. The Bertz CT molecular complexity index is 351. The Morgan fingerprint density at radius 2 is 1.00 bits per heavy atom. The average Bonchev–Trinajstić information content (AvgIpc) is 2.66. The molecule has 0 unspecified atom stereocenters. The van der Waals surface area contributed by atoms with Crippen molar-refractivity contribution >= 4 is 18.5 Å². The van der Waals surface area contributed by atoms with Crippen molar-refractivity contribution in [3.05, 3.63) is 0 Å². The van der Waals surface area contributed by atoms with Gasteiger partial charge in [0.2, 0.25) is 11.8 Å². The van der Waals surface area contributed by atoms with Crippen LogP contribution in [0.5, 0.6) is 0 Å².